The zero-order chi connectivity index (χ0) is 13.1. The molecule has 0 saturated carbocycles. The lowest BCUT2D eigenvalue weighted by Crippen LogP contribution is -2.18. The SMILES string of the molecule is CCCn1nncc1C(N)c1cccc(Br)c1C. The van der Waals surface area contributed by atoms with Crippen LogP contribution in [0.2, 0.25) is 0 Å². The van der Waals surface area contributed by atoms with Crippen molar-refractivity contribution in [1.29, 1.82) is 0 Å². The third-order valence-electron chi connectivity index (χ3n) is 3.05. The summed E-state index contributed by atoms with van der Waals surface area (Å²) >= 11 is 3.53. The maximum Gasteiger partial charge on any atom is 0.0799 e. The topological polar surface area (TPSA) is 56.7 Å². The van der Waals surface area contributed by atoms with Crippen molar-refractivity contribution in [2.24, 2.45) is 5.73 Å². The van der Waals surface area contributed by atoms with E-state index in [1.165, 1.54) is 0 Å². The van der Waals surface area contributed by atoms with Crippen LogP contribution in [0.15, 0.2) is 28.9 Å². The predicted molar refractivity (Wildman–Crippen MR) is 75.2 cm³/mol. The van der Waals surface area contributed by atoms with E-state index < -0.39 is 0 Å². The first-order valence-electron chi connectivity index (χ1n) is 6.04. The first-order valence-corrected chi connectivity index (χ1v) is 6.83. The number of nitrogens with zero attached hydrogens (tertiary/aromatic N) is 3. The van der Waals surface area contributed by atoms with E-state index in [0.29, 0.717) is 0 Å². The minimum absolute atomic E-state index is 0.191. The molecule has 2 N–H and O–H groups in total. The van der Waals surface area contributed by atoms with Crippen LogP contribution in [0.3, 0.4) is 0 Å². The first kappa shape index (κ1) is 13.2. The summed E-state index contributed by atoms with van der Waals surface area (Å²) in [6.45, 7) is 5.02. The summed E-state index contributed by atoms with van der Waals surface area (Å²) in [6.07, 6.45) is 2.77. The molecular weight excluding hydrogens is 292 g/mol. The van der Waals surface area contributed by atoms with Crippen molar-refractivity contribution in [3.63, 3.8) is 0 Å². The fraction of sp³-hybridized carbons (Fsp3) is 0.385. The first-order chi connectivity index (χ1) is 8.65. The van der Waals surface area contributed by atoms with Crippen LogP contribution in [0, 0.1) is 6.92 Å². The Morgan fingerprint density at radius 3 is 2.94 bits per heavy atom. The number of rotatable bonds is 4. The summed E-state index contributed by atoms with van der Waals surface area (Å²) in [4.78, 5) is 0. The van der Waals surface area contributed by atoms with Gasteiger partial charge in [-0.3, -0.25) is 0 Å². The van der Waals surface area contributed by atoms with Crippen LogP contribution >= 0.6 is 15.9 Å². The molecule has 4 nitrogen and oxygen atoms in total. The molecule has 0 aliphatic heterocycles. The quantitative estimate of drug-likeness (QED) is 0.945. The van der Waals surface area contributed by atoms with Gasteiger partial charge in [-0.2, -0.15) is 0 Å². The zero-order valence-corrected chi connectivity index (χ0v) is 12.2. The number of halogens is 1. The summed E-state index contributed by atoms with van der Waals surface area (Å²) in [6, 6.07) is 5.88. The highest BCUT2D eigenvalue weighted by Crippen LogP contribution is 2.27. The van der Waals surface area contributed by atoms with Gasteiger partial charge in [0.1, 0.15) is 0 Å². The molecule has 1 atom stereocenters. The molecule has 0 aliphatic carbocycles. The van der Waals surface area contributed by atoms with Crippen LogP contribution in [0.1, 0.15) is 36.2 Å². The Bertz CT molecular complexity index is 536. The molecule has 5 heteroatoms. The third-order valence-corrected chi connectivity index (χ3v) is 3.91. The van der Waals surface area contributed by atoms with E-state index in [2.05, 4.69) is 40.1 Å². The van der Waals surface area contributed by atoms with Gasteiger partial charge in [-0.15, -0.1) is 5.10 Å². The standard InChI is InChI=1S/C13H17BrN4/c1-3-7-18-12(8-16-17-18)13(15)10-5-4-6-11(14)9(10)2/h4-6,8,13H,3,7,15H2,1-2H3. The Morgan fingerprint density at radius 1 is 1.44 bits per heavy atom. The van der Waals surface area contributed by atoms with Gasteiger partial charge in [0.15, 0.2) is 0 Å². The van der Waals surface area contributed by atoms with Crippen molar-refractivity contribution in [2.75, 3.05) is 0 Å². The molecule has 0 spiro atoms. The zero-order valence-electron chi connectivity index (χ0n) is 10.6. The van der Waals surface area contributed by atoms with Gasteiger partial charge >= 0.3 is 0 Å². The third kappa shape index (κ3) is 2.47. The summed E-state index contributed by atoms with van der Waals surface area (Å²) < 4.78 is 2.95. The van der Waals surface area contributed by atoms with E-state index in [-0.39, 0.29) is 6.04 Å². The smallest absolute Gasteiger partial charge is 0.0799 e. The summed E-state index contributed by atoms with van der Waals surface area (Å²) in [5, 5.41) is 8.04. The molecule has 0 radical (unpaired) electrons. The normalized spacial score (nSPS) is 12.7. The number of hydrogen-bond donors (Lipinski definition) is 1. The van der Waals surface area contributed by atoms with Gasteiger partial charge in [0.05, 0.1) is 17.9 Å². The van der Waals surface area contributed by atoms with Crippen molar-refractivity contribution in [3.8, 4) is 0 Å². The van der Waals surface area contributed by atoms with Gasteiger partial charge in [0, 0.05) is 11.0 Å². The van der Waals surface area contributed by atoms with E-state index in [1.807, 2.05) is 22.9 Å². The predicted octanol–water partition coefficient (Wildman–Crippen LogP) is 2.81. The second kappa shape index (κ2) is 5.63. The molecule has 0 fully saturated rings. The van der Waals surface area contributed by atoms with Gasteiger partial charge in [0.2, 0.25) is 0 Å². The lowest BCUT2D eigenvalue weighted by molar-refractivity contribution is 0.543. The molecule has 1 aromatic heterocycles. The molecule has 0 aliphatic rings. The molecular formula is C13H17BrN4. The molecule has 2 rings (SSSR count). The average molecular weight is 309 g/mol. The minimum Gasteiger partial charge on any atom is -0.319 e. The van der Waals surface area contributed by atoms with Gasteiger partial charge in [-0.25, -0.2) is 4.68 Å². The van der Waals surface area contributed by atoms with Gasteiger partial charge in [0.25, 0.3) is 0 Å². The number of aryl methyl sites for hydroxylation is 1. The fourth-order valence-corrected chi connectivity index (χ4v) is 2.39. The molecule has 0 amide bonds. The second-order valence-corrected chi connectivity index (χ2v) is 5.17. The van der Waals surface area contributed by atoms with Crippen molar-refractivity contribution in [3.05, 3.63) is 45.7 Å². The number of hydrogen-bond acceptors (Lipinski definition) is 3. The van der Waals surface area contributed by atoms with Crippen molar-refractivity contribution in [1.82, 2.24) is 15.0 Å². The fourth-order valence-electron chi connectivity index (χ4n) is 2.01. The number of aromatic nitrogens is 3. The lowest BCUT2D eigenvalue weighted by atomic mass is 10.00. The van der Waals surface area contributed by atoms with Gasteiger partial charge < -0.3 is 5.73 Å². The lowest BCUT2D eigenvalue weighted by Gasteiger charge is -2.16. The Kier molecular flexibility index (Phi) is 4.14. The van der Waals surface area contributed by atoms with Crippen LogP contribution in [0.25, 0.3) is 0 Å². The molecule has 2 aromatic rings. The Labute approximate surface area is 115 Å². The van der Waals surface area contributed by atoms with E-state index in [9.17, 15) is 0 Å². The number of nitrogens with two attached hydrogens (primary N) is 1. The highest BCUT2D eigenvalue weighted by atomic mass is 79.9. The van der Waals surface area contributed by atoms with E-state index in [0.717, 1.165) is 34.3 Å². The maximum atomic E-state index is 6.34. The molecule has 96 valence electrons. The Morgan fingerprint density at radius 2 is 2.22 bits per heavy atom. The van der Waals surface area contributed by atoms with E-state index in [4.69, 9.17) is 5.73 Å². The largest absolute Gasteiger partial charge is 0.319 e. The number of benzene rings is 1. The maximum absolute atomic E-state index is 6.34. The molecule has 0 bridgehead atoms. The molecule has 1 aromatic carbocycles. The second-order valence-electron chi connectivity index (χ2n) is 4.31. The van der Waals surface area contributed by atoms with Crippen molar-refractivity contribution >= 4 is 15.9 Å². The van der Waals surface area contributed by atoms with Gasteiger partial charge in [-0.05, 0) is 30.5 Å². The van der Waals surface area contributed by atoms with E-state index >= 15 is 0 Å². The van der Waals surface area contributed by atoms with Gasteiger partial charge in [-0.1, -0.05) is 40.2 Å². The van der Waals surface area contributed by atoms with Crippen LogP contribution in [0.4, 0.5) is 0 Å². The van der Waals surface area contributed by atoms with Crippen LogP contribution in [-0.4, -0.2) is 15.0 Å². The summed E-state index contributed by atoms with van der Waals surface area (Å²) in [5.74, 6) is 0. The highest BCUT2D eigenvalue weighted by molar-refractivity contribution is 9.10. The summed E-state index contributed by atoms with van der Waals surface area (Å²) in [5.41, 5.74) is 9.56. The van der Waals surface area contributed by atoms with Crippen LogP contribution in [-0.2, 0) is 6.54 Å². The summed E-state index contributed by atoms with van der Waals surface area (Å²) in [7, 11) is 0. The minimum atomic E-state index is -0.191. The molecule has 18 heavy (non-hydrogen) atoms. The van der Waals surface area contributed by atoms with E-state index in [1.54, 1.807) is 6.20 Å². The average Bonchev–Trinajstić information content (AvgIpc) is 2.80. The molecule has 1 unspecified atom stereocenters. The molecule has 0 saturated heterocycles. The van der Waals surface area contributed by atoms with Crippen molar-refractivity contribution < 1.29 is 0 Å². The van der Waals surface area contributed by atoms with Crippen LogP contribution < -0.4 is 5.73 Å². The Hall–Kier alpha value is -1.20. The Balaban J connectivity index is 2.38. The van der Waals surface area contributed by atoms with Crippen molar-refractivity contribution in [2.45, 2.75) is 32.9 Å². The highest BCUT2D eigenvalue weighted by Gasteiger charge is 2.17. The molecule has 1 heterocycles. The monoisotopic (exact) mass is 308 g/mol. The van der Waals surface area contributed by atoms with Crippen LogP contribution in [0.5, 0.6) is 0 Å².